The summed E-state index contributed by atoms with van der Waals surface area (Å²) in [5, 5.41) is 2.93. The summed E-state index contributed by atoms with van der Waals surface area (Å²) in [5.41, 5.74) is 3.84. The lowest BCUT2D eigenvalue weighted by Gasteiger charge is -2.28. The predicted molar refractivity (Wildman–Crippen MR) is 97.0 cm³/mol. The molecule has 0 saturated heterocycles. The second-order valence-electron chi connectivity index (χ2n) is 6.00. The number of rotatable bonds is 2. The third-order valence-corrected chi connectivity index (χ3v) is 4.28. The van der Waals surface area contributed by atoms with E-state index in [1.165, 1.54) is 0 Å². The number of amides is 2. The van der Waals surface area contributed by atoms with E-state index in [2.05, 4.69) is 10.3 Å². The molecule has 1 aliphatic rings. The minimum Gasteiger partial charge on any atom is -0.320 e. The fourth-order valence-corrected chi connectivity index (χ4v) is 2.94. The number of hydrogen-bond donors (Lipinski definition) is 1. The highest BCUT2D eigenvalue weighted by atomic mass is 16.2. The van der Waals surface area contributed by atoms with E-state index in [9.17, 15) is 4.79 Å². The third kappa shape index (κ3) is 3.35. The average molecular weight is 330 g/mol. The Balaban J connectivity index is 1.49. The van der Waals surface area contributed by atoms with Crippen LogP contribution in [0.2, 0.25) is 0 Å². The van der Waals surface area contributed by atoms with Gasteiger partial charge in [-0.3, -0.25) is 0 Å². The quantitative estimate of drug-likeness (QED) is 0.779. The Bertz CT molecular complexity index is 881. The predicted octanol–water partition coefficient (Wildman–Crippen LogP) is 3.73. The summed E-state index contributed by atoms with van der Waals surface area (Å²) in [4.78, 5) is 23.4. The molecule has 4 rings (SSSR count). The Kier molecular flexibility index (Phi) is 4.12. The topological polar surface area (TPSA) is 58.1 Å². The van der Waals surface area contributed by atoms with Crippen molar-refractivity contribution >= 4 is 11.7 Å². The molecule has 0 bridgehead atoms. The van der Waals surface area contributed by atoms with Gasteiger partial charge in [-0.1, -0.05) is 48.5 Å². The molecular formula is C20H18N4O. The molecule has 5 nitrogen and oxygen atoms in total. The van der Waals surface area contributed by atoms with E-state index in [1.807, 2.05) is 66.9 Å². The van der Waals surface area contributed by atoms with E-state index in [-0.39, 0.29) is 6.03 Å². The molecule has 1 N–H and O–H groups in total. The van der Waals surface area contributed by atoms with Gasteiger partial charge in [0.15, 0.2) is 5.82 Å². The van der Waals surface area contributed by atoms with Crippen molar-refractivity contribution < 1.29 is 4.79 Å². The zero-order valence-electron chi connectivity index (χ0n) is 13.7. The van der Waals surface area contributed by atoms with Crippen LogP contribution >= 0.6 is 0 Å². The van der Waals surface area contributed by atoms with Crippen LogP contribution in [0.1, 0.15) is 11.3 Å². The van der Waals surface area contributed by atoms with Crippen LogP contribution in [-0.4, -0.2) is 27.4 Å². The maximum Gasteiger partial charge on any atom is 0.322 e. The Morgan fingerprint density at radius 3 is 2.48 bits per heavy atom. The summed E-state index contributed by atoms with van der Waals surface area (Å²) < 4.78 is 0. The van der Waals surface area contributed by atoms with E-state index in [0.29, 0.717) is 13.1 Å². The maximum atomic E-state index is 12.4. The molecule has 0 atom stereocenters. The molecule has 2 aromatic carbocycles. The zero-order chi connectivity index (χ0) is 17.1. The highest BCUT2D eigenvalue weighted by molar-refractivity contribution is 5.89. The van der Waals surface area contributed by atoms with Crippen LogP contribution in [-0.2, 0) is 13.0 Å². The van der Waals surface area contributed by atoms with Crippen molar-refractivity contribution in [1.82, 2.24) is 14.9 Å². The van der Waals surface area contributed by atoms with Crippen molar-refractivity contribution in [3.05, 3.63) is 78.1 Å². The summed E-state index contributed by atoms with van der Waals surface area (Å²) in [7, 11) is 0. The molecule has 2 heterocycles. The number of benzene rings is 2. The number of nitrogens with zero attached hydrogens (tertiary/aromatic N) is 3. The molecule has 3 aromatic rings. The molecule has 0 saturated carbocycles. The monoisotopic (exact) mass is 330 g/mol. The van der Waals surface area contributed by atoms with Crippen molar-refractivity contribution in [2.24, 2.45) is 0 Å². The number of carbonyl (C=O) groups excluding carboxylic acids is 1. The first-order chi connectivity index (χ1) is 12.3. The Labute approximate surface area is 146 Å². The summed E-state index contributed by atoms with van der Waals surface area (Å²) in [6.07, 6.45) is 2.58. The van der Waals surface area contributed by atoms with Crippen molar-refractivity contribution in [2.75, 3.05) is 11.9 Å². The normalized spacial score (nSPS) is 13.2. The van der Waals surface area contributed by atoms with E-state index in [0.717, 1.165) is 34.8 Å². The minimum atomic E-state index is -0.0935. The molecule has 0 radical (unpaired) electrons. The molecule has 5 heteroatoms. The maximum absolute atomic E-state index is 12.4. The van der Waals surface area contributed by atoms with Crippen LogP contribution in [0.5, 0.6) is 0 Å². The zero-order valence-corrected chi connectivity index (χ0v) is 13.7. The van der Waals surface area contributed by atoms with Gasteiger partial charge in [-0.2, -0.15) is 0 Å². The molecule has 2 amide bonds. The third-order valence-electron chi connectivity index (χ3n) is 4.28. The summed E-state index contributed by atoms with van der Waals surface area (Å²) in [6, 6.07) is 19.3. The van der Waals surface area contributed by atoms with Gasteiger partial charge in [0.2, 0.25) is 0 Å². The van der Waals surface area contributed by atoms with E-state index in [1.54, 1.807) is 4.90 Å². The Morgan fingerprint density at radius 2 is 1.72 bits per heavy atom. The second-order valence-corrected chi connectivity index (χ2v) is 6.00. The number of nitrogens with one attached hydrogen (secondary N) is 1. The van der Waals surface area contributed by atoms with Crippen LogP contribution in [0.25, 0.3) is 11.4 Å². The first-order valence-electron chi connectivity index (χ1n) is 8.31. The van der Waals surface area contributed by atoms with Crippen LogP contribution in [0, 0.1) is 0 Å². The van der Waals surface area contributed by atoms with Crippen molar-refractivity contribution in [3.8, 4) is 11.4 Å². The lowest BCUT2D eigenvalue weighted by Crippen LogP contribution is -2.39. The number of urea groups is 1. The van der Waals surface area contributed by atoms with Crippen LogP contribution in [0.3, 0.4) is 0 Å². The molecule has 124 valence electrons. The standard InChI is InChI=1S/C20H18N4O/c25-20(22-17-9-5-2-6-10-17)24-12-11-18-16(14-24)13-21-19(23-18)15-7-3-1-4-8-15/h1-10,13H,11-12,14H2,(H,22,25). The number of fused-ring (bicyclic) bond motifs is 1. The highest BCUT2D eigenvalue weighted by Gasteiger charge is 2.22. The number of anilines is 1. The van der Waals surface area contributed by atoms with Crippen molar-refractivity contribution in [1.29, 1.82) is 0 Å². The van der Waals surface area contributed by atoms with Gasteiger partial charge in [-0.25, -0.2) is 14.8 Å². The smallest absolute Gasteiger partial charge is 0.320 e. The fraction of sp³-hybridized carbons (Fsp3) is 0.150. The Morgan fingerprint density at radius 1 is 1.00 bits per heavy atom. The van der Waals surface area contributed by atoms with Gasteiger partial charge in [-0.05, 0) is 12.1 Å². The Hall–Kier alpha value is -3.21. The van der Waals surface area contributed by atoms with Crippen molar-refractivity contribution in [2.45, 2.75) is 13.0 Å². The molecule has 1 aliphatic heterocycles. The fourth-order valence-electron chi connectivity index (χ4n) is 2.94. The van der Waals surface area contributed by atoms with E-state index >= 15 is 0 Å². The van der Waals surface area contributed by atoms with Crippen LogP contribution in [0.4, 0.5) is 10.5 Å². The van der Waals surface area contributed by atoms with Crippen LogP contribution < -0.4 is 5.32 Å². The molecule has 0 fully saturated rings. The molecule has 0 spiro atoms. The first kappa shape index (κ1) is 15.3. The average Bonchev–Trinajstić information content (AvgIpc) is 2.68. The number of hydrogen-bond acceptors (Lipinski definition) is 3. The largest absolute Gasteiger partial charge is 0.322 e. The highest BCUT2D eigenvalue weighted by Crippen LogP contribution is 2.21. The summed E-state index contributed by atoms with van der Waals surface area (Å²) >= 11 is 0. The second kappa shape index (κ2) is 6.73. The number of carbonyl (C=O) groups is 1. The van der Waals surface area contributed by atoms with Gasteiger partial charge in [0.1, 0.15) is 0 Å². The van der Waals surface area contributed by atoms with Gasteiger partial charge < -0.3 is 10.2 Å². The molecule has 0 aliphatic carbocycles. The van der Waals surface area contributed by atoms with Crippen LogP contribution in [0.15, 0.2) is 66.9 Å². The van der Waals surface area contributed by atoms with Gasteiger partial charge in [0, 0.05) is 36.0 Å². The lowest BCUT2D eigenvalue weighted by molar-refractivity contribution is 0.206. The summed E-state index contributed by atoms with van der Waals surface area (Å²) in [6.45, 7) is 1.18. The molecule has 1 aromatic heterocycles. The van der Waals surface area contributed by atoms with E-state index < -0.39 is 0 Å². The molecular weight excluding hydrogens is 312 g/mol. The lowest BCUT2D eigenvalue weighted by atomic mass is 10.1. The van der Waals surface area contributed by atoms with Gasteiger partial charge in [0.05, 0.1) is 12.2 Å². The molecule has 25 heavy (non-hydrogen) atoms. The minimum absolute atomic E-state index is 0.0935. The number of aromatic nitrogens is 2. The van der Waals surface area contributed by atoms with Crippen molar-refractivity contribution in [3.63, 3.8) is 0 Å². The SMILES string of the molecule is O=C(Nc1ccccc1)N1CCc2nc(-c3ccccc3)ncc2C1. The van der Waals surface area contributed by atoms with Gasteiger partial charge in [-0.15, -0.1) is 0 Å². The van der Waals surface area contributed by atoms with Gasteiger partial charge in [0.25, 0.3) is 0 Å². The first-order valence-corrected chi connectivity index (χ1v) is 8.31. The van der Waals surface area contributed by atoms with E-state index in [4.69, 9.17) is 4.98 Å². The molecule has 0 unspecified atom stereocenters. The summed E-state index contributed by atoms with van der Waals surface area (Å²) in [5.74, 6) is 0.738. The van der Waals surface area contributed by atoms with Gasteiger partial charge >= 0.3 is 6.03 Å². The number of para-hydroxylation sites is 1.